The van der Waals surface area contributed by atoms with Crippen molar-refractivity contribution in [2.45, 2.75) is 37.8 Å². The fraction of sp³-hybridized carbons (Fsp3) is 0.333. The molecule has 2 aromatic rings. The van der Waals surface area contributed by atoms with Gasteiger partial charge in [-0.05, 0) is 30.2 Å². The molecule has 2 aromatic carbocycles. The molecule has 110 valence electrons. The second-order valence-electron chi connectivity index (χ2n) is 5.79. The topological polar surface area (TPSA) is 35.2 Å². The van der Waals surface area contributed by atoms with E-state index in [4.69, 9.17) is 22.1 Å². The normalized spacial score (nSPS) is 24.2. The van der Waals surface area contributed by atoms with Gasteiger partial charge in [0.1, 0.15) is 11.4 Å². The molecule has 0 saturated carbocycles. The van der Waals surface area contributed by atoms with Crippen molar-refractivity contribution in [1.29, 1.82) is 0 Å². The Labute approximate surface area is 130 Å². The number of hydrogen-bond acceptors (Lipinski definition) is 2. The lowest BCUT2D eigenvalue weighted by atomic mass is 9.81. The predicted molar refractivity (Wildman–Crippen MR) is 86.8 cm³/mol. The second kappa shape index (κ2) is 5.70. The highest BCUT2D eigenvalue weighted by atomic mass is 35.5. The van der Waals surface area contributed by atoms with Crippen molar-refractivity contribution in [3.05, 3.63) is 64.7 Å². The van der Waals surface area contributed by atoms with Crippen LogP contribution in [-0.2, 0) is 6.42 Å². The molecule has 0 amide bonds. The van der Waals surface area contributed by atoms with Gasteiger partial charge < -0.3 is 10.5 Å². The summed E-state index contributed by atoms with van der Waals surface area (Å²) in [6, 6.07) is 16.1. The number of nitrogens with two attached hydrogens (primary N) is 1. The van der Waals surface area contributed by atoms with Crippen LogP contribution in [0.25, 0.3) is 0 Å². The Morgan fingerprint density at radius 1 is 1.24 bits per heavy atom. The lowest BCUT2D eigenvalue weighted by Gasteiger charge is -2.41. The molecule has 2 N–H and O–H groups in total. The Hall–Kier alpha value is -1.51. The fourth-order valence-electron chi connectivity index (χ4n) is 3.11. The van der Waals surface area contributed by atoms with Crippen LogP contribution in [0, 0.1) is 0 Å². The standard InChI is InChI=1S/C18H20ClNO/c1-2-18(11-13-6-4-3-5-7-13)12-16(20)15-10-14(19)8-9-17(15)21-18/h3-10,16H,2,11-12,20H2,1H3/t16-,18?/m0/s1. The third kappa shape index (κ3) is 2.92. The van der Waals surface area contributed by atoms with Crippen molar-refractivity contribution in [2.24, 2.45) is 5.73 Å². The first-order chi connectivity index (χ1) is 10.1. The van der Waals surface area contributed by atoms with Crippen molar-refractivity contribution in [3.8, 4) is 5.75 Å². The molecular formula is C18H20ClNO. The largest absolute Gasteiger partial charge is 0.487 e. The molecule has 0 fully saturated rings. The predicted octanol–water partition coefficient (Wildman–Crippen LogP) is 4.51. The molecule has 0 radical (unpaired) electrons. The summed E-state index contributed by atoms with van der Waals surface area (Å²) < 4.78 is 6.36. The molecule has 0 aromatic heterocycles. The maximum Gasteiger partial charge on any atom is 0.125 e. The third-order valence-corrected chi connectivity index (χ3v) is 4.54. The Bertz CT molecular complexity index is 628. The van der Waals surface area contributed by atoms with Crippen molar-refractivity contribution in [2.75, 3.05) is 0 Å². The van der Waals surface area contributed by atoms with E-state index >= 15 is 0 Å². The van der Waals surface area contributed by atoms with Crippen LogP contribution in [0.1, 0.15) is 36.9 Å². The number of ether oxygens (including phenoxy) is 1. The molecule has 1 aliphatic rings. The van der Waals surface area contributed by atoms with Crippen LogP contribution in [-0.4, -0.2) is 5.60 Å². The first-order valence-corrected chi connectivity index (χ1v) is 7.78. The van der Waals surface area contributed by atoms with E-state index in [2.05, 4.69) is 31.2 Å². The SMILES string of the molecule is CCC1(Cc2ccccc2)C[C@H](N)c2cc(Cl)ccc2O1. The van der Waals surface area contributed by atoms with Crippen LogP contribution in [0.3, 0.4) is 0 Å². The summed E-state index contributed by atoms with van der Waals surface area (Å²) in [4.78, 5) is 0. The van der Waals surface area contributed by atoms with Crippen molar-refractivity contribution in [1.82, 2.24) is 0 Å². The molecule has 0 aliphatic carbocycles. The van der Waals surface area contributed by atoms with Gasteiger partial charge in [-0.3, -0.25) is 0 Å². The Balaban J connectivity index is 1.92. The van der Waals surface area contributed by atoms with Gasteiger partial charge in [-0.25, -0.2) is 0 Å². The first-order valence-electron chi connectivity index (χ1n) is 7.40. The highest BCUT2D eigenvalue weighted by Crippen LogP contribution is 2.42. The van der Waals surface area contributed by atoms with Crippen LogP contribution in [0.5, 0.6) is 5.75 Å². The van der Waals surface area contributed by atoms with E-state index < -0.39 is 0 Å². The van der Waals surface area contributed by atoms with Gasteiger partial charge in [0, 0.05) is 29.5 Å². The molecule has 0 bridgehead atoms. The summed E-state index contributed by atoms with van der Waals surface area (Å²) in [5.41, 5.74) is 8.44. The summed E-state index contributed by atoms with van der Waals surface area (Å²) in [5, 5.41) is 0.708. The van der Waals surface area contributed by atoms with E-state index in [1.54, 1.807) is 0 Å². The number of hydrogen-bond donors (Lipinski definition) is 1. The maximum absolute atomic E-state index is 6.38. The molecule has 2 atom stereocenters. The summed E-state index contributed by atoms with van der Waals surface area (Å²) in [5.74, 6) is 0.871. The van der Waals surface area contributed by atoms with Gasteiger partial charge in [0.2, 0.25) is 0 Å². The molecule has 0 spiro atoms. The van der Waals surface area contributed by atoms with E-state index in [0.29, 0.717) is 5.02 Å². The first kappa shape index (κ1) is 14.4. The second-order valence-corrected chi connectivity index (χ2v) is 6.23. The van der Waals surface area contributed by atoms with E-state index in [1.807, 2.05) is 24.3 Å². The van der Waals surface area contributed by atoms with Gasteiger partial charge >= 0.3 is 0 Å². The number of halogens is 1. The maximum atomic E-state index is 6.38. The summed E-state index contributed by atoms with van der Waals surface area (Å²) in [7, 11) is 0. The van der Waals surface area contributed by atoms with Crippen molar-refractivity contribution < 1.29 is 4.74 Å². The van der Waals surface area contributed by atoms with Crippen LogP contribution in [0.15, 0.2) is 48.5 Å². The van der Waals surface area contributed by atoms with Gasteiger partial charge in [0.05, 0.1) is 0 Å². The molecule has 3 heteroatoms. The van der Waals surface area contributed by atoms with E-state index in [0.717, 1.165) is 30.6 Å². The quantitative estimate of drug-likeness (QED) is 0.905. The average Bonchev–Trinajstić information content (AvgIpc) is 2.49. The highest BCUT2D eigenvalue weighted by Gasteiger charge is 2.38. The van der Waals surface area contributed by atoms with Crippen molar-refractivity contribution in [3.63, 3.8) is 0 Å². The Morgan fingerprint density at radius 3 is 2.71 bits per heavy atom. The van der Waals surface area contributed by atoms with Crippen LogP contribution < -0.4 is 10.5 Å². The molecule has 1 unspecified atom stereocenters. The zero-order chi connectivity index (χ0) is 14.9. The van der Waals surface area contributed by atoms with E-state index in [9.17, 15) is 0 Å². The summed E-state index contributed by atoms with van der Waals surface area (Å²) >= 11 is 6.07. The molecule has 2 nitrogen and oxygen atoms in total. The molecule has 21 heavy (non-hydrogen) atoms. The van der Waals surface area contributed by atoms with Crippen LogP contribution in [0.2, 0.25) is 5.02 Å². The minimum Gasteiger partial charge on any atom is -0.487 e. The minimum atomic E-state index is -0.235. The molecule has 3 rings (SSSR count). The van der Waals surface area contributed by atoms with Crippen LogP contribution >= 0.6 is 11.6 Å². The molecule has 1 aliphatic heterocycles. The zero-order valence-electron chi connectivity index (χ0n) is 12.2. The number of benzene rings is 2. The zero-order valence-corrected chi connectivity index (χ0v) is 12.9. The van der Waals surface area contributed by atoms with Gasteiger partial charge in [-0.15, -0.1) is 0 Å². The summed E-state index contributed by atoms with van der Waals surface area (Å²) in [6.45, 7) is 2.16. The lowest BCUT2D eigenvalue weighted by molar-refractivity contribution is 0.0321. The van der Waals surface area contributed by atoms with Crippen molar-refractivity contribution >= 4 is 11.6 Å². The van der Waals surface area contributed by atoms with Gasteiger partial charge in [0.15, 0.2) is 0 Å². The minimum absolute atomic E-state index is 0.0314. The highest BCUT2D eigenvalue weighted by molar-refractivity contribution is 6.30. The Kier molecular flexibility index (Phi) is 3.92. The number of rotatable bonds is 3. The summed E-state index contributed by atoms with van der Waals surface area (Å²) in [6.07, 6.45) is 2.61. The molecule has 0 saturated heterocycles. The fourth-order valence-corrected chi connectivity index (χ4v) is 3.29. The van der Waals surface area contributed by atoms with Crippen LogP contribution in [0.4, 0.5) is 0 Å². The lowest BCUT2D eigenvalue weighted by Crippen LogP contribution is -2.44. The molecular weight excluding hydrogens is 282 g/mol. The van der Waals surface area contributed by atoms with Gasteiger partial charge in [-0.2, -0.15) is 0 Å². The molecule has 1 heterocycles. The average molecular weight is 302 g/mol. The Morgan fingerprint density at radius 2 is 2.00 bits per heavy atom. The van der Waals surface area contributed by atoms with Gasteiger partial charge in [0.25, 0.3) is 0 Å². The van der Waals surface area contributed by atoms with E-state index in [1.165, 1.54) is 5.56 Å². The third-order valence-electron chi connectivity index (χ3n) is 4.30. The number of fused-ring (bicyclic) bond motifs is 1. The van der Waals surface area contributed by atoms with E-state index in [-0.39, 0.29) is 11.6 Å². The monoisotopic (exact) mass is 301 g/mol. The smallest absolute Gasteiger partial charge is 0.125 e. The van der Waals surface area contributed by atoms with Gasteiger partial charge in [-0.1, -0.05) is 48.9 Å².